The van der Waals surface area contributed by atoms with Gasteiger partial charge in [0.15, 0.2) is 6.72 Å². The highest BCUT2D eigenvalue weighted by atomic mass is 31.1. The van der Waals surface area contributed by atoms with Gasteiger partial charge in [-0.1, -0.05) is 0 Å². The van der Waals surface area contributed by atoms with E-state index in [0.717, 1.165) is 0 Å². The van der Waals surface area contributed by atoms with E-state index in [1.807, 2.05) is 0 Å². The van der Waals surface area contributed by atoms with Crippen molar-refractivity contribution in [2.24, 2.45) is 0 Å². The van der Waals surface area contributed by atoms with Gasteiger partial charge in [0.1, 0.15) is 0 Å². The first-order valence-corrected chi connectivity index (χ1v) is 1.66. The van der Waals surface area contributed by atoms with Gasteiger partial charge in [-0.25, -0.2) is 0 Å². The predicted molar refractivity (Wildman–Crippen MR) is 16.8 cm³/mol. The second kappa shape index (κ2) is 1.85. The van der Waals surface area contributed by atoms with E-state index in [9.17, 15) is 4.57 Å². The maximum Gasteiger partial charge on any atom is 0.564 e. The lowest BCUT2D eigenvalue weighted by Gasteiger charge is -1.57. The average Bonchev–Trinajstić information content (AvgIpc) is 1.38. The molecule has 5 heavy (non-hydrogen) atoms. The van der Waals surface area contributed by atoms with Crippen LogP contribution in [0.1, 0.15) is 0 Å². The monoisotopic (exact) mass is 92.0 g/mol. The lowest BCUT2D eigenvalue weighted by Crippen LogP contribution is -1.77. The fourth-order valence-electron chi connectivity index (χ4n) is 0. The summed E-state index contributed by atoms with van der Waals surface area (Å²) in [5.41, 5.74) is 0. The van der Waals surface area contributed by atoms with Crippen molar-refractivity contribution < 1.29 is 14.3 Å². The normalized spacial score (nSPS) is 8.00. The minimum Gasteiger partial charge on any atom is -0.281 e. The van der Waals surface area contributed by atoms with Crippen LogP contribution in [0.2, 0.25) is 0 Å². The van der Waals surface area contributed by atoms with E-state index in [4.69, 9.17) is 5.21 Å². The highest BCUT2D eigenvalue weighted by Crippen LogP contribution is 1.82. The summed E-state index contributed by atoms with van der Waals surface area (Å²) in [6, 6.07) is 0. The summed E-state index contributed by atoms with van der Waals surface area (Å²) in [6.45, 7) is 2.82. The standard InChI is InChI=1S/CH3NO2P/c1-2(3)5-4/h3H,1H2/q+1. The van der Waals surface area contributed by atoms with E-state index in [-0.39, 0.29) is 0 Å². The van der Waals surface area contributed by atoms with Crippen LogP contribution < -0.4 is 0 Å². The Labute approximate surface area is 30.8 Å². The van der Waals surface area contributed by atoms with Crippen molar-refractivity contribution in [2.45, 2.75) is 0 Å². The Hall–Kier alpha value is -0.430. The molecule has 28 valence electrons. The van der Waals surface area contributed by atoms with Gasteiger partial charge in [-0.3, -0.25) is 5.21 Å². The van der Waals surface area contributed by atoms with Gasteiger partial charge in [0.05, 0.1) is 4.51 Å². The Morgan fingerprint density at radius 1 is 2.00 bits per heavy atom. The first kappa shape index (κ1) is 4.57. The van der Waals surface area contributed by atoms with E-state index < -0.39 is 8.61 Å². The fourth-order valence-corrected chi connectivity index (χ4v) is 0. The largest absolute Gasteiger partial charge is 0.564 e. The third kappa shape index (κ3) is 3.57. The summed E-state index contributed by atoms with van der Waals surface area (Å²) < 4.78 is 9.51. The van der Waals surface area contributed by atoms with Gasteiger partial charge in [0, 0.05) is 0 Å². The molecule has 4 heteroatoms. The number of hydrogen-bond acceptors (Lipinski definition) is 2. The second-order valence-corrected chi connectivity index (χ2v) is 1.08. The Kier molecular flexibility index (Phi) is 1.69. The van der Waals surface area contributed by atoms with E-state index >= 15 is 0 Å². The molecule has 0 aliphatic carbocycles. The Morgan fingerprint density at radius 2 is 2.20 bits per heavy atom. The molecule has 0 aliphatic heterocycles. The van der Waals surface area contributed by atoms with Crippen LogP contribution in [-0.2, 0) is 4.57 Å². The molecule has 0 aromatic heterocycles. The van der Waals surface area contributed by atoms with E-state index in [1.54, 1.807) is 0 Å². The fraction of sp³-hybridized carbons (Fsp3) is 0. The molecule has 0 heterocycles. The minimum atomic E-state index is -0.475. The third-order valence-electron chi connectivity index (χ3n) is 0.0942. The lowest BCUT2D eigenvalue weighted by molar-refractivity contribution is -0.647. The molecule has 0 fully saturated rings. The van der Waals surface area contributed by atoms with Gasteiger partial charge in [-0.15, -0.1) is 0 Å². The molecule has 0 aliphatic rings. The molecule has 0 spiro atoms. The summed E-state index contributed by atoms with van der Waals surface area (Å²) >= 11 is 0. The molecule has 0 atom stereocenters. The number of nitrogens with zero attached hydrogens (tertiary/aromatic N) is 1. The molecule has 1 N–H and O–H groups in total. The van der Waals surface area contributed by atoms with Crippen LogP contribution in [0, 0.1) is 0 Å². The molecule has 0 aromatic carbocycles. The topological polar surface area (TPSA) is 40.3 Å². The first-order valence-electron chi connectivity index (χ1n) is 0.899. The van der Waals surface area contributed by atoms with Gasteiger partial charge in [0.25, 0.3) is 0 Å². The average molecular weight is 92.0 g/mol. The zero-order valence-electron chi connectivity index (χ0n) is 2.46. The summed E-state index contributed by atoms with van der Waals surface area (Å²) in [7, 11) is -0.475. The SMILES string of the molecule is C=[N+](O)P=O. The van der Waals surface area contributed by atoms with Gasteiger partial charge in [-0.05, 0) is 0 Å². The van der Waals surface area contributed by atoms with Crippen molar-refractivity contribution in [3.63, 3.8) is 0 Å². The molecule has 3 nitrogen and oxygen atoms in total. The van der Waals surface area contributed by atoms with Crippen LogP contribution >= 0.6 is 8.61 Å². The molecule has 0 amide bonds. The molecule has 0 unspecified atom stereocenters. The predicted octanol–water partition coefficient (Wildman–Crippen LogP) is 0.295. The van der Waals surface area contributed by atoms with Crippen molar-refractivity contribution in [2.75, 3.05) is 0 Å². The van der Waals surface area contributed by atoms with Crippen molar-refractivity contribution in [1.82, 2.24) is 0 Å². The maximum atomic E-state index is 9.22. The molecule has 0 rings (SSSR count). The van der Waals surface area contributed by atoms with Crippen LogP contribution in [-0.4, -0.2) is 16.4 Å². The smallest absolute Gasteiger partial charge is 0.281 e. The molecular weight excluding hydrogens is 89.0 g/mol. The Morgan fingerprint density at radius 3 is 2.20 bits per heavy atom. The van der Waals surface area contributed by atoms with Crippen molar-refractivity contribution in [3.8, 4) is 0 Å². The van der Waals surface area contributed by atoms with Gasteiger partial charge >= 0.3 is 8.61 Å². The lowest BCUT2D eigenvalue weighted by atomic mass is 11.8. The summed E-state index contributed by atoms with van der Waals surface area (Å²) in [4.78, 5) is 0. The summed E-state index contributed by atoms with van der Waals surface area (Å²) in [5, 5.41) is 7.76. The maximum absolute atomic E-state index is 9.22. The second-order valence-electron chi connectivity index (χ2n) is 0.454. The third-order valence-corrected chi connectivity index (χ3v) is 0.283. The van der Waals surface area contributed by atoms with E-state index in [0.29, 0.717) is 4.51 Å². The molecule has 0 aromatic rings. The minimum absolute atomic E-state index is 0.292. The number of hydrogen-bond donors (Lipinski definition) is 1. The Bertz CT molecular complexity index is 60.7. The molecule has 0 radical (unpaired) electrons. The van der Waals surface area contributed by atoms with Crippen molar-refractivity contribution in [3.05, 3.63) is 0 Å². The summed E-state index contributed by atoms with van der Waals surface area (Å²) in [6.07, 6.45) is 0. The highest BCUT2D eigenvalue weighted by molar-refractivity contribution is 7.15. The van der Waals surface area contributed by atoms with E-state index in [2.05, 4.69) is 6.72 Å². The molecule has 0 bridgehead atoms. The molecule has 0 saturated heterocycles. The summed E-state index contributed by atoms with van der Waals surface area (Å²) in [5.74, 6) is 0. The van der Waals surface area contributed by atoms with E-state index in [1.165, 1.54) is 0 Å². The van der Waals surface area contributed by atoms with Gasteiger partial charge in [0.2, 0.25) is 0 Å². The van der Waals surface area contributed by atoms with Crippen LogP contribution in [0.4, 0.5) is 0 Å². The van der Waals surface area contributed by atoms with Crippen LogP contribution in [0.25, 0.3) is 0 Å². The van der Waals surface area contributed by atoms with Crippen LogP contribution in [0.5, 0.6) is 0 Å². The Balaban J connectivity index is 3.20. The van der Waals surface area contributed by atoms with Gasteiger partial charge < -0.3 is 0 Å². The zero-order valence-corrected chi connectivity index (χ0v) is 3.35. The van der Waals surface area contributed by atoms with Crippen molar-refractivity contribution >= 4 is 15.3 Å². The quantitative estimate of drug-likeness (QED) is 0.218. The van der Waals surface area contributed by atoms with Crippen LogP contribution in [0.15, 0.2) is 0 Å². The van der Waals surface area contributed by atoms with Crippen LogP contribution in [0.3, 0.4) is 0 Å². The van der Waals surface area contributed by atoms with Gasteiger partial charge in [-0.2, -0.15) is 4.57 Å². The van der Waals surface area contributed by atoms with Crippen molar-refractivity contribution in [1.29, 1.82) is 0 Å². The first-order chi connectivity index (χ1) is 2.27. The number of rotatable bonds is 1. The zero-order chi connectivity index (χ0) is 4.28. The molecule has 0 saturated carbocycles. The molecular formula is CH3NO2P+. The highest BCUT2D eigenvalue weighted by Gasteiger charge is 1.83.